The molecule has 5 nitrogen and oxygen atoms in total. The summed E-state index contributed by atoms with van der Waals surface area (Å²) in [4.78, 5) is 0. The highest BCUT2D eigenvalue weighted by Gasteiger charge is 2.52. The summed E-state index contributed by atoms with van der Waals surface area (Å²) in [5.74, 6) is 0.706. The van der Waals surface area contributed by atoms with Crippen LogP contribution in [0.25, 0.3) is 6.08 Å². The zero-order valence-corrected chi connectivity index (χ0v) is 15.3. The van der Waals surface area contributed by atoms with E-state index in [9.17, 15) is 5.26 Å². The van der Waals surface area contributed by atoms with Gasteiger partial charge in [-0.05, 0) is 64.0 Å². The molecule has 2 rings (SSSR count). The molecule has 1 aromatic carbocycles. The first kappa shape index (κ1) is 18.5. The third-order valence-electron chi connectivity index (χ3n) is 4.66. The van der Waals surface area contributed by atoms with Crippen molar-refractivity contribution in [2.75, 3.05) is 20.7 Å². The van der Waals surface area contributed by atoms with E-state index in [1.807, 2.05) is 46.9 Å². The third kappa shape index (κ3) is 3.64. The Bertz CT molecular complexity index is 661. The molecule has 1 N–H and O–H groups in total. The van der Waals surface area contributed by atoms with E-state index < -0.39 is 18.3 Å². The molecule has 0 atom stereocenters. The van der Waals surface area contributed by atoms with Gasteiger partial charge >= 0.3 is 7.12 Å². The van der Waals surface area contributed by atoms with Crippen molar-refractivity contribution in [1.29, 1.82) is 5.26 Å². The molecule has 0 saturated carbocycles. The first-order valence-electron chi connectivity index (χ1n) is 8.03. The summed E-state index contributed by atoms with van der Waals surface area (Å²) in [7, 11) is 3.02. The summed E-state index contributed by atoms with van der Waals surface area (Å²) < 4.78 is 17.5. The highest BCUT2D eigenvalue weighted by molar-refractivity contribution is 6.56. The van der Waals surface area contributed by atoms with Crippen LogP contribution in [-0.2, 0) is 9.31 Å². The molecule has 1 heterocycles. The van der Waals surface area contributed by atoms with Crippen molar-refractivity contribution in [3.05, 3.63) is 34.8 Å². The topological polar surface area (TPSA) is 63.5 Å². The predicted octanol–water partition coefficient (Wildman–Crippen LogP) is 2.80. The number of rotatable bonds is 5. The molecule has 128 valence electrons. The lowest BCUT2D eigenvalue weighted by Gasteiger charge is -2.32. The zero-order chi connectivity index (χ0) is 18.0. The average Bonchev–Trinajstić information content (AvgIpc) is 2.74. The van der Waals surface area contributed by atoms with E-state index in [0.717, 1.165) is 11.0 Å². The molecule has 0 radical (unpaired) electrons. The van der Waals surface area contributed by atoms with Gasteiger partial charge in [-0.15, -0.1) is 0 Å². The minimum atomic E-state index is -0.458. The van der Waals surface area contributed by atoms with Gasteiger partial charge in [0.05, 0.1) is 29.9 Å². The fourth-order valence-corrected chi connectivity index (χ4v) is 2.49. The molecule has 24 heavy (non-hydrogen) atoms. The Balaban J connectivity index is 2.42. The van der Waals surface area contributed by atoms with Crippen LogP contribution < -0.4 is 10.1 Å². The number of hydrogen-bond acceptors (Lipinski definition) is 5. The van der Waals surface area contributed by atoms with Gasteiger partial charge in [0, 0.05) is 6.54 Å². The van der Waals surface area contributed by atoms with Crippen LogP contribution in [0.5, 0.6) is 5.75 Å². The quantitative estimate of drug-likeness (QED) is 0.842. The SMILES string of the molecule is CNCC(=Cc1cc(OC)ccc1C#N)B1OC(C)(C)C(C)(C)O1. The molecule has 1 saturated heterocycles. The number of nitriles is 1. The Hall–Kier alpha value is -1.81. The van der Waals surface area contributed by atoms with E-state index in [1.165, 1.54) is 0 Å². The second-order valence-corrected chi connectivity index (χ2v) is 6.90. The van der Waals surface area contributed by atoms with E-state index in [1.54, 1.807) is 19.2 Å². The van der Waals surface area contributed by atoms with Gasteiger partial charge in [-0.25, -0.2) is 0 Å². The Kier molecular flexibility index (Phi) is 5.39. The minimum Gasteiger partial charge on any atom is -0.497 e. The van der Waals surface area contributed by atoms with Crippen LogP contribution >= 0.6 is 0 Å². The number of nitrogens with one attached hydrogen (secondary N) is 1. The summed E-state index contributed by atoms with van der Waals surface area (Å²) in [5.41, 5.74) is 1.49. The molecule has 1 aliphatic heterocycles. The van der Waals surface area contributed by atoms with Crippen molar-refractivity contribution in [2.45, 2.75) is 38.9 Å². The van der Waals surface area contributed by atoms with Crippen LogP contribution in [-0.4, -0.2) is 39.0 Å². The fraction of sp³-hybridized carbons (Fsp3) is 0.500. The van der Waals surface area contributed by atoms with Crippen molar-refractivity contribution in [1.82, 2.24) is 5.32 Å². The van der Waals surface area contributed by atoms with E-state index in [2.05, 4.69) is 11.4 Å². The smallest absolute Gasteiger partial charge is 0.491 e. The maximum atomic E-state index is 9.36. The van der Waals surface area contributed by atoms with E-state index in [0.29, 0.717) is 17.9 Å². The number of benzene rings is 1. The van der Waals surface area contributed by atoms with E-state index in [4.69, 9.17) is 14.0 Å². The number of methoxy groups -OCH3 is 1. The number of ether oxygens (including phenoxy) is 1. The van der Waals surface area contributed by atoms with Crippen LogP contribution in [0.3, 0.4) is 0 Å². The molecule has 0 unspecified atom stereocenters. The highest BCUT2D eigenvalue weighted by atomic mass is 16.7. The Morgan fingerprint density at radius 1 is 1.29 bits per heavy atom. The third-order valence-corrected chi connectivity index (χ3v) is 4.66. The van der Waals surface area contributed by atoms with Gasteiger partial charge in [-0.2, -0.15) is 5.26 Å². The minimum absolute atomic E-state index is 0.406. The molecule has 0 spiro atoms. The molecule has 0 bridgehead atoms. The van der Waals surface area contributed by atoms with Crippen molar-refractivity contribution in [3.63, 3.8) is 0 Å². The summed E-state index contributed by atoms with van der Waals surface area (Å²) in [6.45, 7) is 8.69. The lowest BCUT2D eigenvalue weighted by atomic mass is 9.76. The standard InChI is InChI=1S/C18H25BN2O3/c1-17(2)18(3,4)24-19(23-17)15(12-21-5)9-14-10-16(22-6)8-7-13(14)11-20/h7-10,21H,12H2,1-6H3. The fourth-order valence-electron chi connectivity index (χ4n) is 2.49. The summed E-state index contributed by atoms with van der Waals surface area (Å²) in [5, 5.41) is 12.5. The number of hydrogen-bond donors (Lipinski definition) is 1. The van der Waals surface area contributed by atoms with Crippen LogP contribution in [0.4, 0.5) is 0 Å². The van der Waals surface area contributed by atoms with E-state index >= 15 is 0 Å². The molecule has 1 aliphatic rings. The van der Waals surface area contributed by atoms with Gasteiger partial charge in [0.2, 0.25) is 0 Å². The van der Waals surface area contributed by atoms with Gasteiger partial charge in [0.25, 0.3) is 0 Å². The largest absolute Gasteiger partial charge is 0.497 e. The van der Waals surface area contributed by atoms with Crippen molar-refractivity contribution >= 4 is 13.2 Å². The monoisotopic (exact) mass is 328 g/mol. The summed E-state index contributed by atoms with van der Waals surface area (Å²) in [6, 6.07) is 7.60. The molecule has 0 aromatic heterocycles. The Labute approximate surface area is 144 Å². The highest BCUT2D eigenvalue weighted by Crippen LogP contribution is 2.38. The predicted molar refractivity (Wildman–Crippen MR) is 95.7 cm³/mol. The van der Waals surface area contributed by atoms with Crippen LogP contribution in [0.2, 0.25) is 0 Å². The maximum Gasteiger partial charge on any atom is 0.491 e. The second-order valence-electron chi connectivity index (χ2n) is 6.90. The second kappa shape index (κ2) is 6.98. The lowest BCUT2D eigenvalue weighted by Crippen LogP contribution is -2.41. The maximum absolute atomic E-state index is 9.36. The Morgan fingerprint density at radius 3 is 2.42 bits per heavy atom. The zero-order valence-electron chi connectivity index (χ0n) is 15.3. The molecule has 1 aromatic rings. The Morgan fingerprint density at radius 2 is 1.92 bits per heavy atom. The van der Waals surface area contributed by atoms with Crippen molar-refractivity contribution in [3.8, 4) is 11.8 Å². The summed E-state index contributed by atoms with van der Waals surface area (Å²) in [6.07, 6.45) is 1.94. The lowest BCUT2D eigenvalue weighted by molar-refractivity contribution is 0.00578. The van der Waals surface area contributed by atoms with Crippen molar-refractivity contribution in [2.24, 2.45) is 0 Å². The molecule has 1 fully saturated rings. The average molecular weight is 328 g/mol. The van der Waals surface area contributed by atoms with E-state index in [-0.39, 0.29) is 0 Å². The number of likely N-dealkylation sites (N-methyl/N-ethyl adjacent to an activating group) is 1. The van der Waals surface area contributed by atoms with Crippen LogP contribution in [0, 0.1) is 11.3 Å². The molecule has 6 heteroatoms. The van der Waals surface area contributed by atoms with Gasteiger partial charge in [0.15, 0.2) is 0 Å². The summed E-state index contributed by atoms with van der Waals surface area (Å²) >= 11 is 0. The van der Waals surface area contributed by atoms with Gasteiger partial charge in [-0.1, -0.05) is 6.08 Å². The normalized spacial score (nSPS) is 19.2. The first-order valence-corrected chi connectivity index (χ1v) is 8.03. The number of nitrogens with zero attached hydrogens (tertiary/aromatic N) is 1. The van der Waals surface area contributed by atoms with Gasteiger partial charge in [0.1, 0.15) is 5.75 Å². The van der Waals surface area contributed by atoms with Crippen LogP contribution in [0.15, 0.2) is 23.7 Å². The first-order chi connectivity index (χ1) is 11.2. The van der Waals surface area contributed by atoms with Crippen molar-refractivity contribution < 1.29 is 14.0 Å². The molecule has 0 amide bonds. The van der Waals surface area contributed by atoms with Crippen LogP contribution in [0.1, 0.15) is 38.8 Å². The molecular formula is C18H25BN2O3. The van der Waals surface area contributed by atoms with Gasteiger partial charge in [-0.3, -0.25) is 0 Å². The molecular weight excluding hydrogens is 303 g/mol. The van der Waals surface area contributed by atoms with Gasteiger partial charge < -0.3 is 19.4 Å². The molecule has 0 aliphatic carbocycles.